The standard InChI is InChI=1S/C13H16N4O/c1-8-2-3-17(6-8)12-5-11-9(4-10(12)14)13(18)16-7-15-11/h4-5,7-8H,2-3,6,14H2,1H3,(H,15,16,18). The van der Waals surface area contributed by atoms with Crippen molar-refractivity contribution in [3.8, 4) is 0 Å². The monoisotopic (exact) mass is 244 g/mol. The molecule has 0 saturated carbocycles. The summed E-state index contributed by atoms with van der Waals surface area (Å²) in [6.45, 7) is 4.26. The number of fused-ring (bicyclic) bond motifs is 1. The van der Waals surface area contributed by atoms with E-state index in [0.717, 1.165) is 18.8 Å². The molecule has 3 N–H and O–H groups in total. The molecule has 1 fully saturated rings. The number of benzene rings is 1. The Kier molecular flexibility index (Phi) is 2.47. The van der Waals surface area contributed by atoms with E-state index in [1.807, 2.05) is 6.07 Å². The maximum atomic E-state index is 11.7. The molecule has 0 amide bonds. The van der Waals surface area contributed by atoms with Crippen LogP contribution in [0.4, 0.5) is 11.4 Å². The van der Waals surface area contributed by atoms with Gasteiger partial charge in [0.05, 0.1) is 28.6 Å². The molecule has 1 aliphatic heterocycles. The number of nitrogens with zero attached hydrogens (tertiary/aromatic N) is 2. The van der Waals surface area contributed by atoms with E-state index in [-0.39, 0.29) is 5.56 Å². The Bertz CT molecular complexity index is 649. The fraction of sp³-hybridized carbons (Fsp3) is 0.385. The van der Waals surface area contributed by atoms with Gasteiger partial charge < -0.3 is 15.6 Å². The molecule has 2 heterocycles. The number of hydrogen-bond donors (Lipinski definition) is 2. The van der Waals surface area contributed by atoms with Crippen molar-refractivity contribution in [3.05, 3.63) is 28.8 Å². The van der Waals surface area contributed by atoms with E-state index < -0.39 is 0 Å². The number of nitrogens with one attached hydrogen (secondary N) is 1. The minimum Gasteiger partial charge on any atom is -0.397 e. The number of hydrogen-bond acceptors (Lipinski definition) is 4. The summed E-state index contributed by atoms with van der Waals surface area (Å²) in [5, 5.41) is 0.547. The van der Waals surface area contributed by atoms with E-state index in [4.69, 9.17) is 5.73 Å². The Morgan fingerprint density at radius 3 is 3.06 bits per heavy atom. The van der Waals surface area contributed by atoms with Crippen molar-refractivity contribution in [3.63, 3.8) is 0 Å². The molecule has 3 rings (SSSR count). The molecule has 1 atom stereocenters. The first kappa shape index (κ1) is 11.1. The zero-order valence-electron chi connectivity index (χ0n) is 10.3. The summed E-state index contributed by atoms with van der Waals surface area (Å²) in [4.78, 5) is 20.7. The van der Waals surface area contributed by atoms with Crippen LogP contribution in [0, 0.1) is 5.92 Å². The smallest absolute Gasteiger partial charge is 0.258 e. The molecule has 1 aromatic heterocycles. The summed E-state index contributed by atoms with van der Waals surface area (Å²) < 4.78 is 0. The topological polar surface area (TPSA) is 75.0 Å². The van der Waals surface area contributed by atoms with Gasteiger partial charge in [0.2, 0.25) is 0 Å². The highest BCUT2D eigenvalue weighted by atomic mass is 16.1. The second-order valence-electron chi connectivity index (χ2n) is 5.00. The van der Waals surface area contributed by atoms with Crippen LogP contribution in [0.25, 0.3) is 10.9 Å². The van der Waals surface area contributed by atoms with Crippen molar-refractivity contribution in [1.82, 2.24) is 9.97 Å². The minimum absolute atomic E-state index is 0.145. The number of anilines is 2. The lowest BCUT2D eigenvalue weighted by Crippen LogP contribution is -2.20. The number of aromatic amines is 1. The van der Waals surface area contributed by atoms with E-state index in [1.165, 1.54) is 12.7 Å². The number of aromatic nitrogens is 2. The zero-order chi connectivity index (χ0) is 12.7. The molecule has 94 valence electrons. The largest absolute Gasteiger partial charge is 0.397 e. The molecule has 0 radical (unpaired) electrons. The van der Waals surface area contributed by atoms with Gasteiger partial charge >= 0.3 is 0 Å². The van der Waals surface area contributed by atoms with E-state index in [9.17, 15) is 4.79 Å². The van der Waals surface area contributed by atoms with Crippen LogP contribution in [0.5, 0.6) is 0 Å². The van der Waals surface area contributed by atoms with Gasteiger partial charge in [-0.2, -0.15) is 0 Å². The molecular formula is C13H16N4O. The van der Waals surface area contributed by atoms with Crippen molar-refractivity contribution in [2.75, 3.05) is 23.7 Å². The summed E-state index contributed by atoms with van der Waals surface area (Å²) in [6.07, 6.45) is 2.61. The van der Waals surface area contributed by atoms with Crippen LogP contribution in [-0.2, 0) is 0 Å². The van der Waals surface area contributed by atoms with Crippen LogP contribution >= 0.6 is 0 Å². The highest BCUT2D eigenvalue weighted by molar-refractivity contribution is 5.88. The number of rotatable bonds is 1. The van der Waals surface area contributed by atoms with Crippen molar-refractivity contribution >= 4 is 22.3 Å². The van der Waals surface area contributed by atoms with E-state index in [0.29, 0.717) is 22.5 Å². The molecule has 1 saturated heterocycles. The average Bonchev–Trinajstić information content (AvgIpc) is 2.76. The third-order valence-electron chi connectivity index (χ3n) is 3.55. The van der Waals surface area contributed by atoms with E-state index in [2.05, 4.69) is 21.8 Å². The highest BCUT2D eigenvalue weighted by Crippen LogP contribution is 2.30. The normalized spacial score (nSPS) is 19.6. The lowest BCUT2D eigenvalue weighted by atomic mass is 10.1. The Morgan fingerprint density at radius 2 is 2.33 bits per heavy atom. The summed E-state index contributed by atoms with van der Waals surface area (Å²) in [6, 6.07) is 3.64. The summed E-state index contributed by atoms with van der Waals surface area (Å²) in [7, 11) is 0. The molecule has 5 heteroatoms. The minimum atomic E-state index is -0.145. The molecule has 1 aromatic carbocycles. The average molecular weight is 244 g/mol. The van der Waals surface area contributed by atoms with Crippen molar-refractivity contribution in [2.45, 2.75) is 13.3 Å². The molecule has 18 heavy (non-hydrogen) atoms. The molecule has 5 nitrogen and oxygen atoms in total. The van der Waals surface area contributed by atoms with E-state index in [1.54, 1.807) is 6.07 Å². The SMILES string of the molecule is CC1CCN(c2cc3nc[nH]c(=O)c3cc2N)C1. The van der Waals surface area contributed by atoms with Crippen molar-refractivity contribution in [1.29, 1.82) is 0 Å². The van der Waals surface area contributed by atoms with Gasteiger partial charge in [0.1, 0.15) is 0 Å². The molecular weight excluding hydrogens is 228 g/mol. The van der Waals surface area contributed by atoms with Gasteiger partial charge in [-0.15, -0.1) is 0 Å². The van der Waals surface area contributed by atoms with Crippen LogP contribution in [0.1, 0.15) is 13.3 Å². The summed E-state index contributed by atoms with van der Waals surface area (Å²) in [5.74, 6) is 0.687. The molecule has 0 aliphatic carbocycles. The van der Waals surface area contributed by atoms with Crippen LogP contribution in [0.15, 0.2) is 23.3 Å². The maximum Gasteiger partial charge on any atom is 0.258 e. The molecule has 2 aromatic rings. The van der Waals surface area contributed by atoms with E-state index >= 15 is 0 Å². The van der Waals surface area contributed by atoms with Crippen LogP contribution in [0.2, 0.25) is 0 Å². The summed E-state index contributed by atoms with van der Waals surface area (Å²) >= 11 is 0. The first-order valence-electron chi connectivity index (χ1n) is 6.17. The Hall–Kier alpha value is -2.04. The third-order valence-corrected chi connectivity index (χ3v) is 3.55. The second-order valence-corrected chi connectivity index (χ2v) is 5.00. The number of nitrogens with two attached hydrogens (primary N) is 1. The maximum absolute atomic E-state index is 11.7. The molecule has 1 unspecified atom stereocenters. The predicted octanol–water partition coefficient (Wildman–Crippen LogP) is 1.35. The second kappa shape index (κ2) is 4.01. The summed E-state index contributed by atoms with van der Waals surface area (Å²) in [5.41, 5.74) is 8.25. The lowest BCUT2D eigenvalue weighted by Gasteiger charge is -2.20. The van der Waals surface area contributed by atoms with Gasteiger partial charge in [-0.1, -0.05) is 6.92 Å². The first-order chi connectivity index (χ1) is 8.65. The fourth-order valence-electron chi connectivity index (χ4n) is 2.55. The van der Waals surface area contributed by atoms with Gasteiger partial charge in [-0.25, -0.2) is 4.98 Å². The van der Waals surface area contributed by atoms with Gasteiger partial charge in [0.15, 0.2) is 0 Å². The van der Waals surface area contributed by atoms with Crippen LogP contribution < -0.4 is 16.2 Å². The zero-order valence-corrected chi connectivity index (χ0v) is 10.3. The fourth-order valence-corrected chi connectivity index (χ4v) is 2.55. The Balaban J connectivity index is 2.13. The molecule has 0 bridgehead atoms. The van der Waals surface area contributed by atoms with Gasteiger partial charge in [-0.3, -0.25) is 4.79 Å². The Labute approximate surface area is 105 Å². The quantitative estimate of drug-likeness (QED) is 0.742. The van der Waals surface area contributed by atoms with Gasteiger partial charge in [-0.05, 0) is 24.5 Å². The molecule has 0 spiro atoms. The lowest BCUT2D eigenvalue weighted by molar-refractivity contribution is 0.659. The third kappa shape index (κ3) is 1.72. The van der Waals surface area contributed by atoms with Gasteiger partial charge in [0.25, 0.3) is 5.56 Å². The van der Waals surface area contributed by atoms with Crippen molar-refractivity contribution in [2.24, 2.45) is 5.92 Å². The number of H-pyrrole nitrogens is 1. The number of nitrogen functional groups attached to an aromatic ring is 1. The van der Waals surface area contributed by atoms with Gasteiger partial charge in [0, 0.05) is 13.1 Å². The van der Waals surface area contributed by atoms with Crippen LogP contribution in [-0.4, -0.2) is 23.1 Å². The predicted molar refractivity (Wildman–Crippen MR) is 72.8 cm³/mol. The first-order valence-corrected chi connectivity index (χ1v) is 6.17. The molecule has 1 aliphatic rings. The van der Waals surface area contributed by atoms with Crippen LogP contribution in [0.3, 0.4) is 0 Å². The van der Waals surface area contributed by atoms with Crippen molar-refractivity contribution < 1.29 is 0 Å². The Morgan fingerprint density at radius 1 is 1.50 bits per heavy atom. The highest BCUT2D eigenvalue weighted by Gasteiger charge is 2.21.